The lowest BCUT2D eigenvalue weighted by molar-refractivity contribution is 0.428. The first-order valence-electron chi connectivity index (χ1n) is 4.48. The van der Waals surface area contributed by atoms with Crippen LogP contribution in [0.25, 0.3) is 10.9 Å². The second-order valence-corrected chi connectivity index (χ2v) is 3.16. The zero-order valence-corrected chi connectivity index (χ0v) is 8.08. The molecule has 0 aliphatic carbocycles. The Morgan fingerprint density at radius 2 is 2.00 bits per heavy atom. The van der Waals surface area contributed by atoms with Gasteiger partial charge >= 0.3 is 7.47 Å². The molecule has 0 atom stereocenters. The van der Waals surface area contributed by atoms with E-state index in [1.165, 1.54) is 6.07 Å². The summed E-state index contributed by atoms with van der Waals surface area (Å²) in [7, 11) is -2.82. The molecule has 0 fully saturated rings. The van der Waals surface area contributed by atoms with Gasteiger partial charge in [0.05, 0.1) is 0 Å². The molecule has 0 radical (unpaired) electrons. The number of nitrogens with zero attached hydrogens (tertiary/aromatic N) is 1. The average molecular weight is 207 g/mol. The van der Waals surface area contributed by atoms with E-state index >= 15 is 0 Å². The van der Waals surface area contributed by atoms with Crippen molar-refractivity contribution in [3.05, 3.63) is 36.0 Å². The van der Waals surface area contributed by atoms with Crippen LogP contribution < -0.4 is 4.65 Å². The molecule has 2 rings (SSSR count). The fourth-order valence-corrected chi connectivity index (χ4v) is 1.41. The topological polar surface area (TPSA) is 22.1 Å². The minimum absolute atomic E-state index is 0.117. The number of hydrogen-bond donors (Lipinski definition) is 0. The van der Waals surface area contributed by atoms with Gasteiger partial charge in [-0.05, 0) is 19.1 Å². The monoisotopic (exact) mass is 207 g/mol. The maximum Gasteiger partial charge on any atom is 0.796 e. The lowest BCUT2D eigenvalue weighted by Gasteiger charge is -2.06. The van der Waals surface area contributed by atoms with E-state index in [0.717, 1.165) is 11.1 Å². The van der Waals surface area contributed by atoms with Gasteiger partial charge in [0, 0.05) is 11.1 Å². The van der Waals surface area contributed by atoms with Gasteiger partial charge in [-0.3, -0.25) is 0 Å². The van der Waals surface area contributed by atoms with Gasteiger partial charge in [0.15, 0.2) is 0 Å². The van der Waals surface area contributed by atoms with Crippen LogP contribution in [0.4, 0.5) is 8.63 Å². The number of fused-ring (bicyclic) bond motifs is 1. The summed E-state index contributed by atoms with van der Waals surface area (Å²) in [6.45, 7) is 1.80. The summed E-state index contributed by atoms with van der Waals surface area (Å²) in [4.78, 5) is 4.17. The number of aromatic nitrogens is 1. The van der Waals surface area contributed by atoms with Gasteiger partial charge in [-0.15, -0.1) is 0 Å². The van der Waals surface area contributed by atoms with Crippen LogP contribution in [-0.4, -0.2) is 12.5 Å². The number of para-hydroxylation sites is 1. The third kappa shape index (κ3) is 2.06. The first-order valence-corrected chi connectivity index (χ1v) is 4.48. The van der Waals surface area contributed by atoms with Gasteiger partial charge in [0.25, 0.3) is 0 Å². The molecule has 0 saturated heterocycles. The Balaban J connectivity index is 2.58. The third-order valence-electron chi connectivity index (χ3n) is 2.04. The zero-order chi connectivity index (χ0) is 10.8. The fourth-order valence-electron chi connectivity index (χ4n) is 1.41. The highest BCUT2D eigenvalue weighted by atomic mass is 19.2. The van der Waals surface area contributed by atoms with Crippen molar-refractivity contribution in [3.8, 4) is 5.75 Å². The minimum atomic E-state index is -2.82. The van der Waals surface area contributed by atoms with Gasteiger partial charge in [-0.25, -0.2) is 13.6 Å². The number of rotatable bonds is 2. The van der Waals surface area contributed by atoms with Crippen LogP contribution in [0.5, 0.6) is 5.75 Å². The summed E-state index contributed by atoms with van der Waals surface area (Å²) in [5, 5.41) is 0.791. The molecule has 0 spiro atoms. The van der Waals surface area contributed by atoms with Crippen molar-refractivity contribution in [1.29, 1.82) is 0 Å². The second kappa shape index (κ2) is 3.84. The third-order valence-corrected chi connectivity index (χ3v) is 2.04. The van der Waals surface area contributed by atoms with Crippen molar-refractivity contribution >= 4 is 18.4 Å². The number of hydrogen-bond acceptors (Lipinski definition) is 2. The van der Waals surface area contributed by atoms with E-state index < -0.39 is 7.47 Å². The van der Waals surface area contributed by atoms with Crippen molar-refractivity contribution in [2.24, 2.45) is 0 Å². The zero-order valence-electron chi connectivity index (χ0n) is 8.08. The Bertz CT molecular complexity index is 490. The van der Waals surface area contributed by atoms with Gasteiger partial charge < -0.3 is 4.65 Å². The van der Waals surface area contributed by atoms with Gasteiger partial charge in [-0.2, -0.15) is 0 Å². The first-order chi connectivity index (χ1) is 7.16. The normalized spacial score (nSPS) is 10.3. The largest absolute Gasteiger partial charge is 0.796 e. The average Bonchev–Trinajstić information content (AvgIpc) is 2.18. The predicted molar refractivity (Wildman–Crippen MR) is 55.1 cm³/mol. The van der Waals surface area contributed by atoms with Crippen LogP contribution in [0, 0.1) is 6.92 Å². The van der Waals surface area contributed by atoms with Crippen LogP contribution in [0.3, 0.4) is 0 Å². The number of pyridine rings is 1. The van der Waals surface area contributed by atoms with Crippen LogP contribution in [-0.2, 0) is 0 Å². The van der Waals surface area contributed by atoms with E-state index in [1.807, 2.05) is 12.1 Å². The van der Waals surface area contributed by atoms with Crippen molar-refractivity contribution in [1.82, 2.24) is 4.98 Å². The van der Waals surface area contributed by atoms with Crippen molar-refractivity contribution < 1.29 is 13.3 Å². The number of aryl methyl sites for hydroxylation is 1. The molecular weight excluding hydrogens is 199 g/mol. The molecule has 2 nitrogen and oxygen atoms in total. The highest BCUT2D eigenvalue weighted by Crippen LogP contribution is 2.24. The minimum Gasteiger partial charge on any atom is -0.503 e. The van der Waals surface area contributed by atoms with E-state index in [-0.39, 0.29) is 5.75 Å². The molecule has 0 aliphatic rings. The number of benzene rings is 1. The van der Waals surface area contributed by atoms with E-state index in [4.69, 9.17) is 0 Å². The summed E-state index contributed by atoms with van der Waals surface area (Å²) in [5.74, 6) is 0.117. The van der Waals surface area contributed by atoms with Gasteiger partial charge in [0.1, 0.15) is 11.3 Å². The second-order valence-electron chi connectivity index (χ2n) is 3.16. The highest BCUT2D eigenvalue weighted by Gasteiger charge is 2.19. The summed E-state index contributed by atoms with van der Waals surface area (Å²) in [6, 6.07) is 8.61. The van der Waals surface area contributed by atoms with Crippen molar-refractivity contribution in [2.45, 2.75) is 6.92 Å². The summed E-state index contributed by atoms with van der Waals surface area (Å²) in [5.41, 5.74) is 1.24. The molecule has 1 heterocycles. The summed E-state index contributed by atoms with van der Waals surface area (Å²) >= 11 is 0. The van der Waals surface area contributed by atoms with Crippen LogP contribution in [0.15, 0.2) is 30.3 Å². The van der Waals surface area contributed by atoms with Crippen LogP contribution in [0.2, 0.25) is 0 Å². The maximum atomic E-state index is 12.1. The molecule has 0 aliphatic heterocycles. The fraction of sp³-hybridized carbons (Fsp3) is 0.100. The Kier molecular flexibility index (Phi) is 2.54. The lowest BCUT2D eigenvalue weighted by atomic mass is 10.2. The predicted octanol–water partition coefficient (Wildman–Crippen LogP) is 2.85. The molecule has 15 heavy (non-hydrogen) atoms. The maximum absolute atomic E-state index is 12.1. The molecule has 76 valence electrons. The Morgan fingerprint density at radius 1 is 1.20 bits per heavy atom. The summed E-state index contributed by atoms with van der Waals surface area (Å²) < 4.78 is 28.6. The van der Waals surface area contributed by atoms with E-state index in [1.54, 1.807) is 19.1 Å². The molecule has 0 bridgehead atoms. The summed E-state index contributed by atoms with van der Waals surface area (Å²) in [6.07, 6.45) is 0. The highest BCUT2D eigenvalue weighted by molar-refractivity contribution is 6.35. The lowest BCUT2D eigenvalue weighted by Crippen LogP contribution is -2.08. The molecule has 5 heteroatoms. The van der Waals surface area contributed by atoms with E-state index in [0.29, 0.717) is 5.52 Å². The van der Waals surface area contributed by atoms with Crippen molar-refractivity contribution in [3.63, 3.8) is 0 Å². The molecule has 1 aromatic heterocycles. The van der Waals surface area contributed by atoms with E-state index in [2.05, 4.69) is 9.64 Å². The number of halogens is 2. The van der Waals surface area contributed by atoms with Gasteiger partial charge in [-0.1, -0.05) is 18.2 Å². The quantitative estimate of drug-likeness (QED) is 0.706. The van der Waals surface area contributed by atoms with Crippen LogP contribution in [0.1, 0.15) is 5.69 Å². The molecular formula is C10H8BF2NO. The standard InChI is InChI=1S/C10H8BF2NO/c1-7-5-6-8-3-2-4-9(10(8)14-7)15-11(12)13/h2-6H,1H3. The Labute approximate surface area is 86.1 Å². The molecule has 0 amide bonds. The van der Waals surface area contributed by atoms with Crippen molar-refractivity contribution in [2.75, 3.05) is 0 Å². The van der Waals surface area contributed by atoms with E-state index in [9.17, 15) is 8.63 Å². The molecule has 2 aromatic rings. The molecule has 1 aromatic carbocycles. The Morgan fingerprint density at radius 3 is 2.73 bits per heavy atom. The molecule has 0 saturated carbocycles. The SMILES string of the molecule is Cc1ccc2cccc(OB(F)F)c2n1. The Hall–Kier alpha value is -1.65. The molecule has 0 N–H and O–H groups in total. The first kappa shape index (κ1) is 9.89. The van der Waals surface area contributed by atoms with Gasteiger partial charge in [0.2, 0.25) is 0 Å². The smallest absolute Gasteiger partial charge is 0.503 e. The van der Waals surface area contributed by atoms with Crippen LogP contribution >= 0.6 is 0 Å². The molecule has 0 unspecified atom stereocenters.